The Labute approximate surface area is 163 Å². The molecule has 0 unspecified atom stereocenters. The monoisotopic (exact) mass is 416 g/mol. The van der Waals surface area contributed by atoms with E-state index in [1.807, 2.05) is 18.2 Å². The number of carbonyl (C=O) groups excluding carboxylic acids is 1. The van der Waals surface area contributed by atoms with E-state index in [2.05, 4.69) is 56.5 Å². The van der Waals surface area contributed by atoms with Crippen LogP contribution in [0.4, 0.5) is 0 Å². The van der Waals surface area contributed by atoms with Gasteiger partial charge in [-0.3, -0.25) is 4.90 Å². The van der Waals surface area contributed by atoms with Crippen molar-refractivity contribution < 1.29 is 9.53 Å². The number of methoxy groups -OCH3 is 1. The normalized spacial score (nSPS) is 15.8. The van der Waals surface area contributed by atoms with Crippen LogP contribution in [0, 0.1) is 0 Å². The molecule has 5 heteroatoms. The summed E-state index contributed by atoms with van der Waals surface area (Å²) in [4.78, 5) is 14.1. The Morgan fingerprint density at radius 3 is 2.58 bits per heavy atom. The minimum absolute atomic E-state index is 0.309. The highest BCUT2D eigenvalue weighted by Gasteiger charge is 2.19. The maximum atomic E-state index is 11.6. The number of rotatable bonds is 6. The molecule has 1 fully saturated rings. The highest BCUT2D eigenvalue weighted by Crippen LogP contribution is 2.20. The van der Waals surface area contributed by atoms with Gasteiger partial charge in [0.15, 0.2) is 0 Å². The maximum Gasteiger partial charge on any atom is 0.337 e. The fourth-order valence-electron chi connectivity index (χ4n) is 3.33. The van der Waals surface area contributed by atoms with Gasteiger partial charge in [0, 0.05) is 23.6 Å². The molecule has 1 N–H and O–H groups in total. The number of likely N-dealkylation sites (tertiary alicyclic amines) is 1. The van der Waals surface area contributed by atoms with Gasteiger partial charge in [-0.25, -0.2) is 4.79 Å². The number of halogens is 1. The summed E-state index contributed by atoms with van der Waals surface area (Å²) in [5, 5.41) is 3.65. The van der Waals surface area contributed by atoms with Crippen LogP contribution in [0.25, 0.3) is 0 Å². The lowest BCUT2D eigenvalue weighted by molar-refractivity contribution is 0.0600. The molecule has 2 aromatic rings. The lowest BCUT2D eigenvalue weighted by atomic mass is 10.0. The number of benzene rings is 2. The number of hydrogen-bond acceptors (Lipinski definition) is 4. The molecule has 0 radical (unpaired) electrons. The smallest absolute Gasteiger partial charge is 0.337 e. The molecule has 1 saturated heterocycles. The van der Waals surface area contributed by atoms with E-state index >= 15 is 0 Å². The van der Waals surface area contributed by atoms with Crippen LogP contribution in [0.5, 0.6) is 0 Å². The van der Waals surface area contributed by atoms with Crippen molar-refractivity contribution in [2.45, 2.75) is 32.0 Å². The van der Waals surface area contributed by atoms with Gasteiger partial charge in [-0.05, 0) is 49.2 Å². The van der Waals surface area contributed by atoms with Crippen LogP contribution in [0.3, 0.4) is 0 Å². The van der Waals surface area contributed by atoms with E-state index in [0.717, 1.165) is 49.1 Å². The van der Waals surface area contributed by atoms with Crippen molar-refractivity contribution in [3.63, 3.8) is 0 Å². The van der Waals surface area contributed by atoms with Gasteiger partial charge < -0.3 is 10.1 Å². The van der Waals surface area contributed by atoms with Crippen LogP contribution in [-0.4, -0.2) is 37.1 Å². The Morgan fingerprint density at radius 2 is 1.92 bits per heavy atom. The molecule has 0 spiro atoms. The van der Waals surface area contributed by atoms with Gasteiger partial charge in [-0.1, -0.05) is 52.3 Å². The third kappa shape index (κ3) is 5.16. The molecule has 0 saturated carbocycles. The van der Waals surface area contributed by atoms with Crippen molar-refractivity contribution in [1.82, 2.24) is 10.2 Å². The lowest BCUT2D eigenvalue weighted by Crippen LogP contribution is -2.41. The zero-order valence-electron chi connectivity index (χ0n) is 15.1. The topological polar surface area (TPSA) is 41.6 Å². The van der Waals surface area contributed by atoms with Crippen LogP contribution in [0.1, 0.15) is 34.3 Å². The second-order valence-electron chi connectivity index (χ2n) is 6.71. The highest BCUT2D eigenvalue weighted by molar-refractivity contribution is 9.10. The lowest BCUT2D eigenvalue weighted by Gasteiger charge is -2.32. The largest absolute Gasteiger partial charge is 0.465 e. The third-order valence-corrected chi connectivity index (χ3v) is 5.63. The fraction of sp³-hybridized carbons (Fsp3) is 0.381. The van der Waals surface area contributed by atoms with Gasteiger partial charge in [0.05, 0.1) is 12.7 Å². The molecule has 4 nitrogen and oxygen atoms in total. The predicted molar refractivity (Wildman–Crippen MR) is 107 cm³/mol. The summed E-state index contributed by atoms with van der Waals surface area (Å²) in [5.74, 6) is -0.309. The first-order chi connectivity index (χ1) is 12.7. The van der Waals surface area contributed by atoms with Crippen LogP contribution in [0.2, 0.25) is 0 Å². The SMILES string of the molecule is COC(=O)c1ccc(CNC2CCN(Cc3ccccc3)CC2)c(Br)c1. The number of esters is 1. The average molecular weight is 417 g/mol. The summed E-state index contributed by atoms with van der Waals surface area (Å²) in [6.45, 7) is 4.07. The zero-order chi connectivity index (χ0) is 18.4. The van der Waals surface area contributed by atoms with Crippen molar-refractivity contribution >= 4 is 21.9 Å². The minimum Gasteiger partial charge on any atom is -0.465 e. The quantitative estimate of drug-likeness (QED) is 0.722. The first-order valence-electron chi connectivity index (χ1n) is 9.02. The number of nitrogens with zero attached hydrogens (tertiary/aromatic N) is 1. The van der Waals surface area contributed by atoms with E-state index in [9.17, 15) is 4.79 Å². The fourth-order valence-corrected chi connectivity index (χ4v) is 3.85. The van der Waals surface area contributed by atoms with E-state index in [1.165, 1.54) is 12.7 Å². The summed E-state index contributed by atoms with van der Waals surface area (Å²) < 4.78 is 5.70. The van der Waals surface area contributed by atoms with Crippen molar-refractivity contribution in [2.75, 3.05) is 20.2 Å². The maximum absolute atomic E-state index is 11.6. The summed E-state index contributed by atoms with van der Waals surface area (Å²) in [6.07, 6.45) is 2.31. The molecule has 1 heterocycles. The molecule has 26 heavy (non-hydrogen) atoms. The van der Waals surface area contributed by atoms with Crippen LogP contribution < -0.4 is 5.32 Å². The first-order valence-corrected chi connectivity index (χ1v) is 9.81. The van der Waals surface area contributed by atoms with E-state index in [1.54, 1.807) is 0 Å². The van der Waals surface area contributed by atoms with Gasteiger partial charge in [0.1, 0.15) is 0 Å². The van der Waals surface area contributed by atoms with E-state index < -0.39 is 0 Å². The molecular weight excluding hydrogens is 392 g/mol. The average Bonchev–Trinajstić information content (AvgIpc) is 2.68. The standard InChI is InChI=1S/C21H25BrN2O2/c1-26-21(25)17-7-8-18(20(22)13-17)14-23-19-9-11-24(12-10-19)15-16-5-3-2-4-6-16/h2-8,13,19,23H,9-12,14-15H2,1H3. The molecule has 1 aliphatic heterocycles. The van der Waals surface area contributed by atoms with Crippen molar-refractivity contribution in [3.05, 3.63) is 69.7 Å². The van der Waals surface area contributed by atoms with Crippen molar-refractivity contribution in [1.29, 1.82) is 0 Å². The number of carbonyl (C=O) groups is 1. The highest BCUT2D eigenvalue weighted by atomic mass is 79.9. The van der Waals surface area contributed by atoms with Crippen molar-refractivity contribution in [2.24, 2.45) is 0 Å². The van der Waals surface area contributed by atoms with Gasteiger partial charge in [-0.15, -0.1) is 0 Å². The second-order valence-corrected chi connectivity index (χ2v) is 7.57. The Balaban J connectivity index is 1.46. The van der Waals surface area contributed by atoms with Gasteiger partial charge in [0.2, 0.25) is 0 Å². The van der Waals surface area contributed by atoms with Gasteiger partial charge in [0.25, 0.3) is 0 Å². The number of piperidine rings is 1. The Bertz CT molecular complexity index is 728. The Hall–Kier alpha value is -1.69. The van der Waals surface area contributed by atoms with E-state index in [-0.39, 0.29) is 5.97 Å². The number of nitrogens with one attached hydrogen (secondary N) is 1. The summed E-state index contributed by atoms with van der Waals surface area (Å²) >= 11 is 3.56. The molecule has 1 aliphatic rings. The van der Waals surface area contributed by atoms with Gasteiger partial charge in [-0.2, -0.15) is 0 Å². The second kappa shape index (κ2) is 9.31. The predicted octanol–water partition coefficient (Wildman–Crippen LogP) is 3.99. The Kier molecular flexibility index (Phi) is 6.83. The molecule has 3 rings (SSSR count). The molecular formula is C21H25BrN2O2. The molecule has 0 aliphatic carbocycles. The van der Waals surface area contributed by atoms with Crippen LogP contribution >= 0.6 is 15.9 Å². The van der Waals surface area contributed by atoms with Gasteiger partial charge >= 0.3 is 5.97 Å². The third-order valence-electron chi connectivity index (χ3n) is 4.89. The van der Waals surface area contributed by atoms with Crippen LogP contribution in [-0.2, 0) is 17.8 Å². The summed E-state index contributed by atoms with van der Waals surface area (Å²) in [6, 6.07) is 16.8. The zero-order valence-corrected chi connectivity index (χ0v) is 16.7. The number of ether oxygens (including phenoxy) is 1. The summed E-state index contributed by atoms with van der Waals surface area (Å²) in [7, 11) is 1.40. The Morgan fingerprint density at radius 1 is 1.19 bits per heavy atom. The molecule has 2 aromatic carbocycles. The molecule has 0 amide bonds. The molecule has 138 valence electrons. The summed E-state index contributed by atoms with van der Waals surface area (Å²) in [5.41, 5.74) is 3.11. The van der Waals surface area contributed by atoms with E-state index in [4.69, 9.17) is 4.74 Å². The molecule has 0 atom stereocenters. The van der Waals surface area contributed by atoms with Crippen LogP contribution in [0.15, 0.2) is 53.0 Å². The first kappa shape index (κ1) is 19.1. The van der Waals surface area contributed by atoms with E-state index in [0.29, 0.717) is 11.6 Å². The molecule has 0 bridgehead atoms. The van der Waals surface area contributed by atoms with Crippen molar-refractivity contribution in [3.8, 4) is 0 Å². The molecule has 0 aromatic heterocycles. The number of hydrogen-bond donors (Lipinski definition) is 1. The minimum atomic E-state index is -0.309.